The molecule has 0 amide bonds. The van der Waals surface area contributed by atoms with Gasteiger partial charge in [-0.3, -0.25) is 33.6 Å². The Bertz CT molecular complexity index is 5630. The Kier molecular flexibility index (Phi) is 39.1. The van der Waals surface area contributed by atoms with Gasteiger partial charge in [-0.1, -0.05) is 249 Å². The largest absolute Gasteiger partial charge is 0.481 e. The third-order valence-corrected chi connectivity index (χ3v) is 22.5. The van der Waals surface area contributed by atoms with Gasteiger partial charge in [0.1, 0.15) is 18.3 Å². The second-order valence-electron chi connectivity index (χ2n) is 29.3. The van der Waals surface area contributed by atoms with Crippen LogP contribution < -0.4 is 0 Å². The normalized spacial score (nSPS) is 10.5. The molecule has 1 N–H and O–H groups in total. The van der Waals surface area contributed by atoms with Crippen LogP contribution >= 0.6 is 34.0 Å². The Labute approximate surface area is 750 Å². The number of Topliss-reactive ketones (excluding diaryl/α,β-unsaturated/α-hetero) is 6. The smallest absolute Gasteiger partial charge is 0.360 e. The highest BCUT2D eigenvalue weighted by Crippen LogP contribution is 2.27. The van der Waals surface area contributed by atoms with Crippen LogP contribution in [0, 0.1) is 0 Å². The molecule has 9 aromatic carbocycles. The molecule has 0 fully saturated rings. The van der Waals surface area contributed by atoms with Gasteiger partial charge in [0.2, 0.25) is 11.6 Å². The van der Waals surface area contributed by atoms with E-state index in [4.69, 9.17) is 18.7 Å². The minimum atomic E-state index is -0.933. The summed E-state index contributed by atoms with van der Waals surface area (Å²) >= 11 is 3.74. The maximum absolute atomic E-state index is 12.2. The lowest BCUT2D eigenvalue weighted by atomic mass is 10.0. The number of esters is 3. The number of hydrogen-bond acceptors (Lipinski definition) is 23. The van der Waals surface area contributed by atoms with Gasteiger partial charge in [0.25, 0.3) is 11.8 Å². The van der Waals surface area contributed by atoms with Crippen LogP contribution in [0.25, 0.3) is 44.5 Å². The first-order chi connectivity index (χ1) is 61.9. The summed E-state index contributed by atoms with van der Waals surface area (Å²) in [6.07, 6.45) is 16.7. The molecule has 14 rings (SSSR count). The number of carbonyl (C=O) groups is 10. The number of carboxylic acid groups (broad SMARTS) is 1. The van der Waals surface area contributed by atoms with Crippen LogP contribution in [0.2, 0.25) is 0 Å². The van der Waals surface area contributed by atoms with E-state index in [1.165, 1.54) is 121 Å². The molecule has 0 bridgehead atoms. The van der Waals surface area contributed by atoms with Gasteiger partial charge in [0, 0.05) is 67.3 Å². The first-order valence-corrected chi connectivity index (χ1v) is 44.6. The van der Waals surface area contributed by atoms with Gasteiger partial charge in [0.05, 0.1) is 32.9 Å². The maximum Gasteiger partial charge on any atom is 0.360 e. The summed E-state index contributed by atoms with van der Waals surface area (Å²) in [6, 6.07) is 84.8. The van der Waals surface area contributed by atoms with Crippen molar-refractivity contribution in [3.8, 4) is 44.5 Å². The van der Waals surface area contributed by atoms with E-state index in [1.54, 1.807) is 29.3 Å². The fourth-order valence-electron chi connectivity index (χ4n) is 13.1. The molecule has 0 saturated carbocycles. The summed E-state index contributed by atoms with van der Waals surface area (Å²) in [6.45, 7) is 1.96. The molecule has 0 radical (unpaired) electrons. The van der Waals surface area contributed by atoms with Crippen molar-refractivity contribution in [2.75, 3.05) is 20.8 Å². The first kappa shape index (κ1) is 95.4. The average Bonchev–Trinajstić information content (AvgIpc) is 1.81. The summed E-state index contributed by atoms with van der Waals surface area (Å²) < 4.78 is 24.1. The Morgan fingerprint density at radius 1 is 0.331 bits per heavy atom. The molecular weight excluding hydrogens is 1660 g/mol. The van der Waals surface area contributed by atoms with Crippen LogP contribution in [0.5, 0.6) is 0 Å². The monoisotopic (exact) mass is 1760 g/mol. The quantitative estimate of drug-likeness (QED) is 0.0161. The van der Waals surface area contributed by atoms with E-state index in [2.05, 4.69) is 180 Å². The lowest BCUT2D eigenvalue weighted by Crippen LogP contribution is -2.07. The number of nitrogens with zero attached hydrogens (tertiary/aromatic N) is 5. The minimum Gasteiger partial charge on any atom is -0.481 e. The summed E-state index contributed by atoms with van der Waals surface area (Å²) in [5.74, 6) is -3.09. The Morgan fingerprint density at radius 2 is 0.677 bits per heavy atom. The molecule has 21 nitrogen and oxygen atoms in total. The van der Waals surface area contributed by atoms with Crippen LogP contribution in [0.1, 0.15) is 213 Å². The van der Waals surface area contributed by atoms with Gasteiger partial charge in [-0.2, -0.15) is 9.97 Å². The van der Waals surface area contributed by atoms with Gasteiger partial charge in [-0.05, 0) is 156 Å². The number of hydrogen-bond donors (Lipinski definition) is 1. The number of rotatable bonds is 40. The van der Waals surface area contributed by atoms with Gasteiger partial charge in [-0.25, -0.2) is 29.3 Å². The zero-order valence-corrected chi connectivity index (χ0v) is 73.5. The van der Waals surface area contributed by atoms with E-state index >= 15 is 0 Å². The average molecular weight is 1760 g/mol. The highest BCUT2D eigenvalue weighted by Gasteiger charge is 2.22. The van der Waals surface area contributed by atoms with Crippen LogP contribution in [-0.4, -0.2) is 109 Å². The molecule has 24 heteroatoms. The summed E-state index contributed by atoms with van der Waals surface area (Å²) in [4.78, 5) is 137. The van der Waals surface area contributed by atoms with Crippen LogP contribution in [0.3, 0.4) is 0 Å². The number of aromatic nitrogens is 5. The molecular formula is C103H99N5O16S3. The van der Waals surface area contributed by atoms with Crippen molar-refractivity contribution >= 4 is 92.6 Å². The number of carboxylic acids is 1. The van der Waals surface area contributed by atoms with Gasteiger partial charge in [0.15, 0.2) is 49.5 Å². The zero-order chi connectivity index (χ0) is 89.8. The number of methoxy groups -OCH3 is 2. The SMILES string of the molecule is CCOC(=O)c1coc(C(=O)CCCCc2ccc(-c3ccccc3)cc2)n1.COC(=O)c1coc(C(=O)CCCCc2ccc(-c3ccccc3)cc2)n1.COC(=O)c1csc(C(=O)CCCCc2ccc(-c3ccccc3)cc2)n1.O=C(CCC(=O)c1nccs1)Cc1ccccc1.O=C(O)Cc1csc(C(=O)CCCCc2ccc(-c3ccccc3)cc2)n1. The molecule has 0 aliphatic rings. The van der Waals surface area contributed by atoms with Crippen molar-refractivity contribution < 1.29 is 76.1 Å². The number of aryl methyl sites for hydroxylation is 4. The first-order valence-electron chi connectivity index (χ1n) is 41.9. The molecule has 5 aromatic heterocycles. The van der Waals surface area contributed by atoms with E-state index in [-0.39, 0.29) is 89.4 Å². The van der Waals surface area contributed by atoms with Crippen molar-refractivity contribution in [1.82, 2.24) is 24.9 Å². The van der Waals surface area contributed by atoms with Crippen molar-refractivity contribution in [2.24, 2.45) is 0 Å². The van der Waals surface area contributed by atoms with Gasteiger partial charge >= 0.3 is 23.9 Å². The lowest BCUT2D eigenvalue weighted by molar-refractivity contribution is -0.136. The van der Waals surface area contributed by atoms with E-state index in [1.807, 2.05) is 103 Å². The Morgan fingerprint density at radius 3 is 1.05 bits per heavy atom. The molecule has 0 saturated heterocycles. The highest BCUT2D eigenvalue weighted by molar-refractivity contribution is 7.12. The van der Waals surface area contributed by atoms with E-state index in [0.717, 1.165) is 88.9 Å². The van der Waals surface area contributed by atoms with Crippen LogP contribution in [0.15, 0.2) is 292 Å². The molecule has 14 aromatic rings. The Balaban J connectivity index is 0.000000167. The maximum atomic E-state index is 12.2. The number of ether oxygens (including phenoxy) is 3. The number of ketones is 6. The van der Waals surface area contributed by atoms with Crippen molar-refractivity contribution in [1.29, 1.82) is 0 Å². The van der Waals surface area contributed by atoms with E-state index in [9.17, 15) is 47.9 Å². The predicted octanol–water partition coefficient (Wildman–Crippen LogP) is 23.0. The van der Waals surface area contributed by atoms with Crippen LogP contribution in [-0.2, 0) is 62.3 Å². The number of aliphatic carboxylic acids is 1. The third kappa shape index (κ3) is 32.4. The van der Waals surface area contributed by atoms with E-state index < -0.39 is 23.9 Å². The number of benzene rings is 9. The topological polar surface area (TPSA) is 309 Å². The summed E-state index contributed by atoms with van der Waals surface area (Å²) in [5.41, 5.74) is 16.3. The van der Waals surface area contributed by atoms with Crippen molar-refractivity contribution in [3.63, 3.8) is 0 Å². The number of thiazole rings is 3. The highest BCUT2D eigenvalue weighted by atomic mass is 32.1. The molecule has 0 aliphatic heterocycles. The summed E-state index contributed by atoms with van der Waals surface area (Å²) in [7, 11) is 2.56. The second-order valence-corrected chi connectivity index (χ2v) is 31.9. The minimum absolute atomic E-state index is 0.00364. The van der Waals surface area contributed by atoms with E-state index in [0.29, 0.717) is 52.8 Å². The summed E-state index contributed by atoms with van der Waals surface area (Å²) in [5, 5.41) is 15.0. The molecule has 127 heavy (non-hydrogen) atoms. The Hall–Kier alpha value is -13.8. The molecule has 0 spiro atoms. The van der Waals surface area contributed by atoms with Crippen molar-refractivity contribution in [2.45, 2.75) is 135 Å². The fraction of sp³-hybridized carbons (Fsp3) is 0.233. The fourth-order valence-corrected chi connectivity index (χ4v) is 15.2. The molecule has 5 heterocycles. The number of oxazole rings is 2. The second kappa shape index (κ2) is 52.1. The lowest BCUT2D eigenvalue weighted by Gasteiger charge is -2.04. The standard InChI is InChI=1S/C23H23NO4.C22H21NO4.2C22H21NO3S.C14H13NO2S/c1-2-27-23(26)20-16-28-22(24-20)21(25)11-7-6-8-17-12-14-19(15-13-17)18-9-4-3-5-10-18;2*1-26-22(25)19-15-27-21(23-19)20(24)10-6-5-7-16-11-13-18(14-12-16)17-8-3-2-4-9-17;24-20(22-23-19(15-27-22)14-21(25)26)9-5-4-6-16-10-12-18(13-11-16)17-7-2-1-3-8-17;16-12(10-11-4-2-1-3-5-11)6-7-13(17)14-15-8-9-18-14/h3-5,9-10,12-16H,2,6-8,11H2,1H3;2*2-4,8-9,11-15H,5-7,10H2,1H3;1-3,7-8,10-13,15H,4-6,9,14H2,(H,25,26);1-5,8-9H,6-7,10H2. The predicted molar refractivity (Wildman–Crippen MR) is 493 cm³/mol. The number of carbonyl (C=O) groups excluding carboxylic acids is 9. The zero-order valence-electron chi connectivity index (χ0n) is 71.0. The molecule has 0 aliphatic carbocycles. The molecule has 0 atom stereocenters. The van der Waals surface area contributed by atoms with Gasteiger partial charge < -0.3 is 28.2 Å². The van der Waals surface area contributed by atoms with Crippen LogP contribution in [0.4, 0.5) is 0 Å². The number of unbranched alkanes of at least 4 members (excludes halogenated alkanes) is 4. The van der Waals surface area contributed by atoms with Crippen molar-refractivity contribution in [3.05, 3.63) is 361 Å². The molecule has 650 valence electrons. The third-order valence-electron chi connectivity index (χ3n) is 19.9. The molecule has 0 unspecified atom stereocenters. The van der Waals surface area contributed by atoms with Gasteiger partial charge in [-0.15, -0.1) is 34.0 Å².